The van der Waals surface area contributed by atoms with E-state index >= 15 is 0 Å². The summed E-state index contributed by atoms with van der Waals surface area (Å²) in [6.07, 6.45) is 8.39. The van der Waals surface area contributed by atoms with Gasteiger partial charge in [-0.1, -0.05) is 36.4 Å². The zero-order valence-electron chi connectivity index (χ0n) is 15.5. The molecule has 2 aromatic heterocycles. The van der Waals surface area contributed by atoms with Crippen molar-refractivity contribution in [1.82, 2.24) is 19.6 Å². The van der Waals surface area contributed by atoms with Crippen LogP contribution in [0, 0.1) is 0 Å². The molecule has 0 radical (unpaired) electrons. The van der Waals surface area contributed by atoms with Crippen molar-refractivity contribution in [1.29, 1.82) is 0 Å². The molecule has 0 bridgehead atoms. The van der Waals surface area contributed by atoms with Gasteiger partial charge < -0.3 is 0 Å². The summed E-state index contributed by atoms with van der Waals surface area (Å²) in [5.41, 5.74) is 9.67. The summed E-state index contributed by atoms with van der Waals surface area (Å²) in [5.74, 6) is 0. The number of para-hydroxylation sites is 2. The molecular weight excluding hydrogens is 344 g/mol. The molecule has 0 unspecified atom stereocenters. The second-order valence-electron chi connectivity index (χ2n) is 7.54. The Morgan fingerprint density at radius 2 is 1.07 bits per heavy atom. The number of rotatable bonds is 2. The van der Waals surface area contributed by atoms with Gasteiger partial charge in [-0.15, -0.1) is 0 Å². The quantitative estimate of drug-likeness (QED) is 0.528. The Labute approximate surface area is 163 Å². The summed E-state index contributed by atoms with van der Waals surface area (Å²) >= 11 is 0. The second-order valence-corrected chi connectivity index (χ2v) is 7.54. The van der Waals surface area contributed by atoms with Crippen LogP contribution in [0.15, 0.2) is 60.7 Å². The van der Waals surface area contributed by atoms with E-state index in [9.17, 15) is 0 Å². The van der Waals surface area contributed by atoms with Gasteiger partial charge in [0.25, 0.3) is 0 Å². The Hall–Kier alpha value is -3.40. The predicted octanol–water partition coefficient (Wildman–Crippen LogP) is 4.43. The Kier molecular flexibility index (Phi) is 3.38. The third kappa shape index (κ3) is 2.45. The van der Waals surface area contributed by atoms with Crippen molar-refractivity contribution < 1.29 is 0 Å². The van der Waals surface area contributed by atoms with Gasteiger partial charge in [-0.3, -0.25) is 0 Å². The first-order valence-electron chi connectivity index (χ1n) is 9.88. The molecule has 0 aliphatic carbocycles. The lowest BCUT2D eigenvalue weighted by Crippen LogP contribution is -2.12. The van der Waals surface area contributed by atoms with E-state index in [4.69, 9.17) is 10.2 Å². The summed E-state index contributed by atoms with van der Waals surface area (Å²) in [4.78, 5) is 0. The van der Waals surface area contributed by atoms with Crippen molar-refractivity contribution in [3.8, 4) is 11.4 Å². The number of nitrogens with zero attached hydrogens (tertiary/aromatic N) is 4. The minimum absolute atomic E-state index is 0.984. The van der Waals surface area contributed by atoms with Crippen molar-refractivity contribution in [2.24, 2.45) is 0 Å². The van der Waals surface area contributed by atoms with Crippen LogP contribution < -0.4 is 0 Å². The molecule has 2 aliphatic rings. The maximum absolute atomic E-state index is 4.82. The highest BCUT2D eigenvalue weighted by Crippen LogP contribution is 2.27. The Balaban J connectivity index is 1.33. The van der Waals surface area contributed by atoms with Gasteiger partial charge in [0.2, 0.25) is 0 Å². The number of aromatic nitrogens is 4. The highest BCUT2D eigenvalue weighted by atomic mass is 15.3. The monoisotopic (exact) mass is 364 g/mol. The molecule has 0 atom stereocenters. The predicted molar refractivity (Wildman–Crippen MR) is 111 cm³/mol. The first kappa shape index (κ1) is 15.6. The fraction of sp³-hybridized carbons (Fsp3) is 0.167. The Morgan fingerprint density at radius 3 is 1.57 bits per heavy atom. The molecule has 0 saturated carbocycles. The van der Waals surface area contributed by atoms with Crippen LogP contribution in [0.4, 0.5) is 0 Å². The van der Waals surface area contributed by atoms with Crippen LogP contribution in [0.5, 0.6) is 0 Å². The highest BCUT2D eigenvalue weighted by Gasteiger charge is 2.18. The molecule has 4 heteroatoms. The molecule has 136 valence electrons. The van der Waals surface area contributed by atoms with E-state index < -0.39 is 0 Å². The van der Waals surface area contributed by atoms with Crippen LogP contribution >= 0.6 is 0 Å². The molecule has 0 saturated heterocycles. The van der Waals surface area contributed by atoms with Gasteiger partial charge in [-0.2, -0.15) is 10.2 Å². The highest BCUT2D eigenvalue weighted by molar-refractivity contribution is 5.67. The van der Waals surface area contributed by atoms with Gasteiger partial charge >= 0.3 is 0 Å². The molecule has 2 aromatic carbocycles. The van der Waals surface area contributed by atoms with E-state index in [2.05, 4.69) is 82.2 Å². The summed E-state index contributed by atoms with van der Waals surface area (Å²) in [5, 5.41) is 9.64. The number of benzene rings is 2. The zero-order chi connectivity index (χ0) is 18.5. The van der Waals surface area contributed by atoms with Crippen molar-refractivity contribution >= 4 is 12.2 Å². The number of hydrogen-bond acceptors (Lipinski definition) is 2. The standard InChI is InChI=1S/C24H20N4/c1-3-7-23-17(5-1)9-13-21-15-19(25-27(21)23)11-12-20-16-22-14-10-18-6-2-4-8-24(18)28(22)26-20/h1-8,11-12,15-16H,9-10,13-14H2/b12-11-. The minimum atomic E-state index is 0.984. The Bertz CT molecular complexity index is 1130. The van der Waals surface area contributed by atoms with E-state index in [-0.39, 0.29) is 0 Å². The summed E-state index contributed by atoms with van der Waals surface area (Å²) in [6, 6.07) is 21.5. The molecule has 0 amide bonds. The molecular formula is C24H20N4. The van der Waals surface area contributed by atoms with E-state index in [0.29, 0.717) is 0 Å². The molecule has 28 heavy (non-hydrogen) atoms. The average molecular weight is 364 g/mol. The van der Waals surface area contributed by atoms with E-state index in [1.54, 1.807) is 0 Å². The number of fused-ring (bicyclic) bond motifs is 6. The van der Waals surface area contributed by atoms with E-state index in [1.165, 1.54) is 33.9 Å². The van der Waals surface area contributed by atoms with E-state index in [0.717, 1.165) is 37.1 Å². The van der Waals surface area contributed by atoms with Crippen molar-refractivity contribution in [2.75, 3.05) is 0 Å². The summed E-state index contributed by atoms with van der Waals surface area (Å²) in [6.45, 7) is 0. The van der Waals surface area contributed by atoms with Crippen LogP contribution in [0.1, 0.15) is 33.9 Å². The lowest BCUT2D eigenvalue weighted by atomic mass is 10.0. The normalized spacial score (nSPS) is 14.4. The third-order valence-corrected chi connectivity index (χ3v) is 5.77. The van der Waals surface area contributed by atoms with Crippen LogP contribution in [0.2, 0.25) is 0 Å². The fourth-order valence-electron chi connectivity index (χ4n) is 4.37. The van der Waals surface area contributed by atoms with Crippen LogP contribution in [-0.4, -0.2) is 19.6 Å². The van der Waals surface area contributed by atoms with Crippen LogP contribution in [0.25, 0.3) is 23.5 Å². The maximum atomic E-state index is 4.82. The van der Waals surface area contributed by atoms with Gasteiger partial charge in [0, 0.05) is 11.4 Å². The minimum Gasteiger partial charge on any atom is -0.237 e. The lowest BCUT2D eigenvalue weighted by Gasteiger charge is -2.17. The maximum Gasteiger partial charge on any atom is 0.0859 e. The molecule has 0 N–H and O–H groups in total. The third-order valence-electron chi connectivity index (χ3n) is 5.77. The first-order chi connectivity index (χ1) is 13.8. The second kappa shape index (κ2) is 6.06. The zero-order valence-corrected chi connectivity index (χ0v) is 15.5. The number of hydrogen-bond donors (Lipinski definition) is 0. The van der Waals surface area contributed by atoms with Crippen molar-refractivity contribution in [2.45, 2.75) is 25.7 Å². The summed E-state index contributed by atoms with van der Waals surface area (Å²) < 4.78 is 4.18. The van der Waals surface area contributed by atoms with Gasteiger partial charge in [0.05, 0.1) is 22.8 Å². The van der Waals surface area contributed by atoms with Gasteiger partial charge in [-0.25, -0.2) is 9.36 Å². The van der Waals surface area contributed by atoms with Crippen LogP contribution in [-0.2, 0) is 25.7 Å². The average Bonchev–Trinajstić information content (AvgIpc) is 3.36. The number of aryl methyl sites for hydroxylation is 4. The molecule has 0 spiro atoms. The Morgan fingerprint density at radius 1 is 0.607 bits per heavy atom. The van der Waals surface area contributed by atoms with Crippen molar-refractivity contribution in [3.05, 3.63) is 94.6 Å². The smallest absolute Gasteiger partial charge is 0.0859 e. The SMILES string of the molecule is C(=C/c1cc2n(n1)-c1ccccc1CC2)/c1cc2n(n1)-c1ccccc1CC2. The van der Waals surface area contributed by atoms with E-state index in [1.807, 2.05) is 0 Å². The fourth-order valence-corrected chi connectivity index (χ4v) is 4.37. The molecule has 4 aromatic rings. The molecule has 4 nitrogen and oxygen atoms in total. The van der Waals surface area contributed by atoms with Crippen LogP contribution in [0.3, 0.4) is 0 Å². The first-order valence-corrected chi connectivity index (χ1v) is 9.88. The summed E-state index contributed by atoms with van der Waals surface area (Å²) in [7, 11) is 0. The van der Waals surface area contributed by atoms with Gasteiger partial charge in [0.1, 0.15) is 0 Å². The molecule has 4 heterocycles. The molecule has 2 aliphatic heterocycles. The largest absolute Gasteiger partial charge is 0.237 e. The molecule has 0 fully saturated rings. The van der Waals surface area contributed by atoms with Gasteiger partial charge in [0.15, 0.2) is 0 Å². The topological polar surface area (TPSA) is 35.6 Å². The lowest BCUT2D eigenvalue weighted by molar-refractivity contribution is 0.735. The van der Waals surface area contributed by atoms with Gasteiger partial charge in [-0.05, 0) is 73.2 Å². The molecule has 6 rings (SSSR count). The van der Waals surface area contributed by atoms with Crippen molar-refractivity contribution in [3.63, 3.8) is 0 Å².